The van der Waals surface area contributed by atoms with Gasteiger partial charge in [0.25, 0.3) is 5.91 Å². The highest BCUT2D eigenvalue weighted by Crippen LogP contribution is 2.41. The zero-order chi connectivity index (χ0) is 17.6. The molecule has 1 N–H and O–H groups in total. The van der Waals surface area contributed by atoms with E-state index in [1.807, 2.05) is 18.4 Å². The van der Waals surface area contributed by atoms with Crippen LogP contribution in [0.2, 0.25) is 0 Å². The molecule has 1 aliphatic heterocycles. The van der Waals surface area contributed by atoms with E-state index in [-0.39, 0.29) is 5.91 Å². The van der Waals surface area contributed by atoms with E-state index in [1.54, 1.807) is 19.1 Å². The number of ether oxygens (including phenoxy) is 1. The quantitative estimate of drug-likeness (QED) is 0.924. The fourth-order valence-electron chi connectivity index (χ4n) is 2.66. The van der Waals surface area contributed by atoms with Gasteiger partial charge < -0.3 is 9.84 Å². The number of benzene rings is 1. The number of hydrogen-bond acceptors (Lipinski definition) is 5. The van der Waals surface area contributed by atoms with Gasteiger partial charge in [-0.05, 0) is 45.9 Å². The summed E-state index contributed by atoms with van der Waals surface area (Å²) in [5, 5.41) is 12.4. The summed E-state index contributed by atoms with van der Waals surface area (Å²) in [5.74, 6) is -0.959. The monoisotopic (exact) mass is 346 g/mol. The van der Waals surface area contributed by atoms with Crippen molar-refractivity contribution in [2.45, 2.75) is 39.3 Å². The Labute approximate surface area is 143 Å². The standard InChI is InChI=1S/C17H18N2O4S/c1-9-15(20)19(17(3,4)16(21)22)13-7-11(5-6-14(13)23-9)12-8-24-10(2)18-12/h5-9H,1-4H3,(H,21,22). The molecule has 0 saturated heterocycles. The number of carbonyl (C=O) groups excluding carboxylic acids is 1. The second-order valence-electron chi connectivity index (χ2n) is 6.23. The van der Waals surface area contributed by atoms with E-state index in [2.05, 4.69) is 4.98 Å². The summed E-state index contributed by atoms with van der Waals surface area (Å²) < 4.78 is 5.64. The van der Waals surface area contributed by atoms with Gasteiger partial charge in [0, 0.05) is 10.9 Å². The van der Waals surface area contributed by atoms with Gasteiger partial charge in [-0.2, -0.15) is 0 Å². The Hall–Kier alpha value is -2.41. The second kappa shape index (κ2) is 5.59. The van der Waals surface area contributed by atoms with Gasteiger partial charge in [-0.3, -0.25) is 9.69 Å². The lowest BCUT2D eigenvalue weighted by molar-refractivity contribution is -0.145. The van der Waals surface area contributed by atoms with Crippen molar-refractivity contribution in [3.63, 3.8) is 0 Å². The summed E-state index contributed by atoms with van der Waals surface area (Å²) >= 11 is 1.53. The molecule has 1 amide bonds. The molecule has 0 saturated carbocycles. The number of carboxylic acids is 1. The van der Waals surface area contributed by atoms with Crippen LogP contribution in [0.15, 0.2) is 23.6 Å². The van der Waals surface area contributed by atoms with Gasteiger partial charge in [0.2, 0.25) is 0 Å². The van der Waals surface area contributed by atoms with Gasteiger partial charge in [-0.15, -0.1) is 11.3 Å². The van der Waals surface area contributed by atoms with Crippen LogP contribution in [-0.2, 0) is 9.59 Å². The maximum Gasteiger partial charge on any atom is 0.329 e. The highest BCUT2D eigenvalue weighted by Gasteiger charge is 2.45. The lowest BCUT2D eigenvalue weighted by Gasteiger charge is -2.40. The smallest absolute Gasteiger partial charge is 0.329 e. The zero-order valence-corrected chi connectivity index (χ0v) is 14.7. The van der Waals surface area contributed by atoms with E-state index in [0.29, 0.717) is 11.4 Å². The molecule has 2 heterocycles. The van der Waals surface area contributed by atoms with E-state index in [9.17, 15) is 14.7 Å². The third kappa shape index (κ3) is 2.54. The molecule has 0 aliphatic carbocycles. The van der Waals surface area contributed by atoms with Crippen molar-refractivity contribution >= 4 is 28.9 Å². The Morgan fingerprint density at radius 3 is 2.71 bits per heavy atom. The van der Waals surface area contributed by atoms with Crippen LogP contribution in [0, 0.1) is 6.92 Å². The van der Waals surface area contributed by atoms with Crippen molar-refractivity contribution in [2.24, 2.45) is 0 Å². The molecule has 1 aromatic carbocycles. The summed E-state index contributed by atoms with van der Waals surface area (Å²) in [6.45, 7) is 6.55. The Bertz CT molecular complexity index is 828. The SMILES string of the molecule is Cc1nc(-c2ccc3c(c2)N(C(C)(C)C(=O)O)C(=O)C(C)O3)cs1. The second-order valence-corrected chi connectivity index (χ2v) is 7.29. The highest BCUT2D eigenvalue weighted by atomic mass is 32.1. The molecule has 1 aliphatic rings. The molecule has 24 heavy (non-hydrogen) atoms. The fourth-order valence-corrected chi connectivity index (χ4v) is 3.28. The molecular weight excluding hydrogens is 328 g/mol. The largest absolute Gasteiger partial charge is 0.480 e. The number of carboxylic acid groups (broad SMARTS) is 1. The molecule has 1 atom stereocenters. The van der Waals surface area contributed by atoms with Gasteiger partial charge in [0.1, 0.15) is 11.3 Å². The van der Waals surface area contributed by atoms with Crippen molar-refractivity contribution in [1.82, 2.24) is 4.98 Å². The van der Waals surface area contributed by atoms with Gasteiger partial charge in [0.15, 0.2) is 6.10 Å². The minimum absolute atomic E-state index is 0.374. The van der Waals surface area contributed by atoms with E-state index in [0.717, 1.165) is 16.3 Å². The Balaban J connectivity index is 2.16. The van der Waals surface area contributed by atoms with Crippen LogP contribution in [0.1, 0.15) is 25.8 Å². The first kappa shape index (κ1) is 16.4. The van der Waals surface area contributed by atoms with Crippen molar-refractivity contribution in [3.05, 3.63) is 28.6 Å². The van der Waals surface area contributed by atoms with Crippen LogP contribution in [-0.4, -0.2) is 33.6 Å². The van der Waals surface area contributed by atoms with E-state index in [4.69, 9.17) is 4.74 Å². The Kier molecular flexibility index (Phi) is 3.83. The average Bonchev–Trinajstić information content (AvgIpc) is 2.94. The number of anilines is 1. The van der Waals surface area contributed by atoms with E-state index in [1.165, 1.54) is 30.1 Å². The summed E-state index contributed by atoms with van der Waals surface area (Å²) in [4.78, 5) is 30.1. The molecular formula is C17H18N2O4S. The maximum absolute atomic E-state index is 12.6. The molecule has 126 valence electrons. The van der Waals surface area contributed by atoms with E-state index >= 15 is 0 Å². The number of hydrogen-bond donors (Lipinski definition) is 1. The van der Waals surface area contributed by atoms with Crippen molar-refractivity contribution in [3.8, 4) is 17.0 Å². The first-order valence-electron chi connectivity index (χ1n) is 7.52. The Morgan fingerprint density at radius 1 is 1.42 bits per heavy atom. The zero-order valence-electron chi connectivity index (χ0n) is 13.9. The third-order valence-electron chi connectivity index (χ3n) is 4.07. The lowest BCUT2D eigenvalue weighted by Crippen LogP contribution is -2.58. The first-order chi connectivity index (χ1) is 11.2. The lowest BCUT2D eigenvalue weighted by atomic mass is 9.98. The number of thiazole rings is 1. The van der Waals surface area contributed by atoms with Gasteiger partial charge >= 0.3 is 5.97 Å². The molecule has 0 radical (unpaired) electrons. The predicted octanol–water partition coefficient (Wildman–Crippen LogP) is 3.10. The van der Waals surface area contributed by atoms with Gasteiger partial charge in [0.05, 0.1) is 16.4 Å². The van der Waals surface area contributed by atoms with Crippen LogP contribution >= 0.6 is 11.3 Å². The van der Waals surface area contributed by atoms with Gasteiger partial charge in [-0.25, -0.2) is 9.78 Å². The molecule has 2 aromatic rings. The van der Waals surface area contributed by atoms with Crippen LogP contribution in [0.5, 0.6) is 5.75 Å². The fraction of sp³-hybridized carbons (Fsp3) is 0.353. The first-order valence-corrected chi connectivity index (χ1v) is 8.40. The van der Waals surface area contributed by atoms with Gasteiger partial charge in [-0.1, -0.05) is 0 Å². The van der Waals surface area contributed by atoms with Crippen LogP contribution in [0.3, 0.4) is 0 Å². The molecule has 1 unspecified atom stereocenters. The number of nitrogens with zero attached hydrogens (tertiary/aromatic N) is 2. The van der Waals surface area contributed by atoms with E-state index < -0.39 is 17.6 Å². The topological polar surface area (TPSA) is 79.7 Å². The summed E-state index contributed by atoms with van der Waals surface area (Å²) in [7, 11) is 0. The molecule has 0 bridgehead atoms. The predicted molar refractivity (Wildman–Crippen MR) is 91.6 cm³/mol. The number of aliphatic carboxylic acids is 1. The number of rotatable bonds is 3. The van der Waals surface area contributed by atoms with Crippen LogP contribution < -0.4 is 9.64 Å². The molecule has 6 nitrogen and oxygen atoms in total. The summed E-state index contributed by atoms with van der Waals surface area (Å²) in [6, 6.07) is 5.38. The average molecular weight is 346 g/mol. The molecule has 7 heteroatoms. The number of aromatic nitrogens is 1. The summed E-state index contributed by atoms with van der Waals surface area (Å²) in [6.07, 6.45) is -0.733. The maximum atomic E-state index is 12.6. The number of carbonyl (C=O) groups is 2. The number of fused-ring (bicyclic) bond motifs is 1. The van der Waals surface area contributed by atoms with Crippen molar-refractivity contribution in [1.29, 1.82) is 0 Å². The number of aryl methyl sites for hydroxylation is 1. The molecule has 3 rings (SSSR count). The minimum atomic E-state index is -1.39. The van der Waals surface area contributed by atoms with Crippen LogP contribution in [0.25, 0.3) is 11.3 Å². The van der Waals surface area contributed by atoms with Crippen molar-refractivity contribution < 1.29 is 19.4 Å². The normalized spacial score (nSPS) is 17.4. The van der Waals surface area contributed by atoms with Crippen molar-refractivity contribution in [2.75, 3.05) is 4.90 Å². The van der Waals surface area contributed by atoms with Crippen LogP contribution in [0.4, 0.5) is 5.69 Å². The highest BCUT2D eigenvalue weighted by molar-refractivity contribution is 7.09. The molecule has 1 aromatic heterocycles. The Morgan fingerprint density at radius 2 is 2.12 bits per heavy atom. The molecule has 0 spiro atoms. The third-order valence-corrected chi connectivity index (χ3v) is 4.84. The summed E-state index contributed by atoms with van der Waals surface area (Å²) in [5.41, 5.74) is 0.670. The molecule has 0 fully saturated rings. The number of amides is 1. The minimum Gasteiger partial charge on any atom is -0.480 e.